The lowest BCUT2D eigenvalue weighted by Crippen LogP contribution is -2.56. The molecule has 6 nitrogen and oxygen atoms in total. The van der Waals surface area contributed by atoms with Crippen molar-refractivity contribution in [2.75, 3.05) is 20.2 Å². The molecule has 124 valence electrons. The van der Waals surface area contributed by atoms with Crippen molar-refractivity contribution in [3.05, 3.63) is 29.8 Å². The third-order valence-electron chi connectivity index (χ3n) is 3.57. The number of nitrogens with one attached hydrogen (secondary N) is 1. The zero-order valence-corrected chi connectivity index (χ0v) is 14.4. The average Bonchev–Trinajstić information content (AvgIpc) is 2.49. The molecule has 1 heterocycles. The van der Waals surface area contributed by atoms with E-state index in [1.165, 1.54) is 29.6 Å². The fraction of sp³-hybridized carbons (Fsp3) is 0.500. The minimum absolute atomic E-state index is 0. The van der Waals surface area contributed by atoms with Crippen LogP contribution in [0.2, 0.25) is 0 Å². The standard InChI is InChI=1S/C14H20N2O4S.ClH/c1-10-9-16(11(2)8-15-10)21(18,19)13-6-4-5-12(7-13)14(17)20-3;/h4-7,10-11,15H,8-9H2,1-3H3;1H. The summed E-state index contributed by atoms with van der Waals surface area (Å²) < 4.78 is 31.6. The van der Waals surface area contributed by atoms with Gasteiger partial charge in [-0.1, -0.05) is 6.07 Å². The topological polar surface area (TPSA) is 75.7 Å². The average molecular weight is 349 g/mol. The van der Waals surface area contributed by atoms with Crippen LogP contribution in [0, 0.1) is 0 Å². The zero-order chi connectivity index (χ0) is 15.6. The second-order valence-electron chi connectivity index (χ2n) is 5.25. The predicted molar refractivity (Wildman–Crippen MR) is 85.8 cm³/mol. The number of rotatable bonds is 3. The Morgan fingerprint density at radius 3 is 2.68 bits per heavy atom. The number of carbonyl (C=O) groups excluding carboxylic acids is 1. The van der Waals surface area contributed by atoms with E-state index in [9.17, 15) is 13.2 Å². The van der Waals surface area contributed by atoms with Crippen molar-refractivity contribution in [3.8, 4) is 0 Å². The van der Waals surface area contributed by atoms with E-state index in [0.717, 1.165) is 0 Å². The van der Waals surface area contributed by atoms with E-state index in [-0.39, 0.29) is 34.9 Å². The van der Waals surface area contributed by atoms with E-state index in [1.807, 2.05) is 13.8 Å². The van der Waals surface area contributed by atoms with E-state index in [4.69, 9.17) is 0 Å². The highest BCUT2D eigenvalue weighted by Crippen LogP contribution is 2.21. The number of halogens is 1. The summed E-state index contributed by atoms with van der Waals surface area (Å²) >= 11 is 0. The molecule has 0 aromatic heterocycles. The number of ether oxygens (including phenoxy) is 1. The van der Waals surface area contributed by atoms with Gasteiger partial charge in [-0.2, -0.15) is 4.31 Å². The maximum atomic E-state index is 12.8. The first kappa shape index (κ1) is 18.9. The molecule has 0 radical (unpaired) electrons. The van der Waals surface area contributed by atoms with E-state index < -0.39 is 16.0 Å². The molecule has 2 rings (SSSR count). The molecule has 1 aliphatic heterocycles. The van der Waals surface area contributed by atoms with Crippen molar-refractivity contribution in [2.45, 2.75) is 30.8 Å². The van der Waals surface area contributed by atoms with Gasteiger partial charge in [0.05, 0.1) is 17.6 Å². The molecule has 0 bridgehead atoms. The number of sulfonamides is 1. The Balaban J connectivity index is 0.00000242. The largest absolute Gasteiger partial charge is 0.465 e. The first-order chi connectivity index (χ1) is 9.86. The third kappa shape index (κ3) is 3.78. The third-order valence-corrected chi connectivity index (χ3v) is 5.54. The molecule has 1 aromatic rings. The number of nitrogens with zero attached hydrogens (tertiary/aromatic N) is 1. The van der Waals surface area contributed by atoms with Crippen LogP contribution in [0.15, 0.2) is 29.2 Å². The minimum atomic E-state index is -3.62. The first-order valence-electron chi connectivity index (χ1n) is 6.80. The Morgan fingerprint density at radius 2 is 2.05 bits per heavy atom. The van der Waals surface area contributed by atoms with E-state index in [0.29, 0.717) is 13.1 Å². The van der Waals surface area contributed by atoms with Crippen LogP contribution in [0.1, 0.15) is 24.2 Å². The van der Waals surface area contributed by atoms with Crippen LogP contribution in [0.3, 0.4) is 0 Å². The van der Waals surface area contributed by atoms with Crippen LogP contribution >= 0.6 is 12.4 Å². The Labute approximate surface area is 137 Å². The molecule has 8 heteroatoms. The predicted octanol–water partition coefficient (Wildman–Crippen LogP) is 1.27. The lowest BCUT2D eigenvalue weighted by Gasteiger charge is -2.36. The number of methoxy groups -OCH3 is 1. The van der Waals surface area contributed by atoms with E-state index in [2.05, 4.69) is 10.1 Å². The molecule has 1 saturated heterocycles. The molecule has 0 amide bonds. The summed E-state index contributed by atoms with van der Waals surface area (Å²) in [4.78, 5) is 11.7. The van der Waals surface area contributed by atoms with Gasteiger partial charge in [0.2, 0.25) is 10.0 Å². The van der Waals surface area contributed by atoms with Crippen LogP contribution < -0.4 is 5.32 Å². The highest BCUT2D eigenvalue weighted by atomic mass is 35.5. The van der Waals surface area contributed by atoms with Gasteiger partial charge in [0.1, 0.15) is 0 Å². The molecule has 1 N–H and O–H groups in total. The smallest absolute Gasteiger partial charge is 0.337 e. The molecule has 2 atom stereocenters. The maximum absolute atomic E-state index is 12.8. The summed E-state index contributed by atoms with van der Waals surface area (Å²) in [5, 5.41) is 3.24. The first-order valence-corrected chi connectivity index (χ1v) is 8.24. The second kappa shape index (κ2) is 7.41. The molecule has 0 aliphatic carbocycles. The molecule has 1 aliphatic rings. The van der Waals surface area contributed by atoms with Gasteiger partial charge in [-0.25, -0.2) is 13.2 Å². The maximum Gasteiger partial charge on any atom is 0.337 e. The summed E-state index contributed by atoms with van der Waals surface area (Å²) in [6.07, 6.45) is 0. The quantitative estimate of drug-likeness (QED) is 0.832. The van der Waals surface area contributed by atoms with E-state index >= 15 is 0 Å². The van der Waals surface area contributed by atoms with Crippen LogP contribution in [0.4, 0.5) is 0 Å². The van der Waals surface area contributed by atoms with Crippen LogP contribution in [0.5, 0.6) is 0 Å². The summed E-state index contributed by atoms with van der Waals surface area (Å²) in [5.74, 6) is -0.547. The Morgan fingerprint density at radius 1 is 1.36 bits per heavy atom. The molecule has 1 aromatic carbocycles. The van der Waals surface area contributed by atoms with Crippen LogP contribution in [-0.4, -0.2) is 51.0 Å². The molecular formula is C14H21ClN2O4S. The highest BCUT2D eigenvalue weighted by Gasteiger charge is 2.33. The van der Waals surface area contributed by atoms with Gasteiger partial charge in [0.15, 0.2) is 0 Å². The number of hydrogen-bond donors (Lipinski definition) is 1. The zero-order valence-electron chi connectivity index (χ0n) is 12.8. The normalized spacial score (nSPS) is 22.7. The summed E-state index contributed by atoms with van der Waals surface area (Å²) in [7, 11) is -2.36. The Hall–Kier alpha value is -1.15. The highest BCUT2D eigenvalue weighted by molar-refractivity contribution is 7.89. The monoisotopic (exact) mass is 348 g/mol. The number of esters is 1. The van der Waals surface area contributed by atoms with Gasteiger partial charge < -0.3 is 10.1 Å². The van der Waals surface area contributed by atoms with Gasteiger partial charge in [0, 0.05) is 25.2 Å². The Bertz CT molecular complexity index is 635. The van der Waals surface area contributed by atoms with Gasteiger partial charge >= 0.3 is 5.97 Å². The van der Waals surface area contributed by atoms with Crippen molar-refractivity contribution < 1.29 is 17.9 Å². The fourth-order valence-electron chi connectivity index (χ4n) is 2.36. The fourth-order valence-corrected chi connectivity index (χ4v) is 4.13. The molecule has 22 heavy (non-hydrogen) atoms. The number of hydrogen-bond acceptors (Lipinski definition) is 5. The van der Waals surface area contributed by atoms with Crippen LogP contribution in [-0.2, 0) is 14.8 Å². The number of piperazine rings is 1. The van der Waals surface area contributed by atoms with Crippen molar-refractivity contribution in [1.82, 2.24) is 9.62 Å². The van der Waals surface area contributed by atoms with Gasteiger partial charge in [0.25, 0.3) is 0 Å². The molecule has 2 unspecified atom stereocenters. The molecule has 0 spiro atoms. The van der Waals surface area contributed by atoms with Gasteiger partial charge in [-0.05, 0) is 32.0 Å². The van der Waals surface area contributed by atoms with E-state index in [1.54, 1.807) is 6.07 Å². The number of carbonyl (C=O) groups is 1. The summed E-state index contributed by atoms with van der Waals surface area (Å²) in [6, 6.07) is 5.92. The summed E-state index contributed by atoms with van der Waals surface area (Å²) in [6.45, 7) is 4.82. The molecule has 0 saturated carbocycles. The SMILES string of the molecule is COC(=O)c1cccc(S(=O)(=O)N2CC(C)NCC2C)c1.Cl. The lowest BCUT2D eigenvalue weighted by molar-refractivity contribution is 0.0600. The Kier molecular flexibility index (Phi) is 6.37. The number of benzene rings is 1. The minimum Gasteiger partial charge on any atom is -0.465 e. The lowest BCUT2D eigenvalue weighted by atomic mass is 10.2. The van der Waals surface area contributed by atoms with Crippen molar-refractivity contribution in [3.63, 3.8) is 0 Å². The van der Waals surface area contributed by atoms with Gasteiger partial charge in [-0.3, -0.25) is 0 Å². The molecule has 1 fully saturated rings. The van der Waals surface area contributed by atoms with Crippen molar-refractivity contribution in [1.29, 1.82) is 0 Å². The van der Waals surface area contributed by atoms with Crippen molar-refractivity contribution >= 4 is 28.4 Å². The van der Waals surface area contributed by atoms with Gasteiger partial charge in [-0.15, -0.1) is 12.4 Å². The van der Waals surface area contributed by atoms with Crippen LogP contribution in [0.25, 0.3) is 0 Å². The summed E-state index contributed by atoms with van der Waals surface area (Å²) in [5.41, 5.74) is 0.231. The second-order valence-corrected chi connectivity index (χ2v) is 7.14. The van der Waals surface area contributed by atoms with Crippen molar-refractivity contribution in [2.24, 2.45) is 0 Å². The molecular weight excluding hydrogens is 328 g/mol.